The molecule has 1 aromatic heterocycles. The number of amides is 1. The largest absolute Gasteiger partial charge is 0.387 e. The van der Waals surface area contributed by atoms with Gasteiger partial charge in [0, 0.05) is 35.8 Å². The maximum absolute atomic E-state index is 13.1. The number of hydrogen-bond acceptors (Lipinski definition) is 7. The maximum Gasteiger partial charge on any atom is 0.256 e. The Morgan fingerprint density at radius 1 is 1.25 bits per heavy atom. The van der Waals surface area contributed by atoms with Gasteiger partial charge in [0.15, 0.2) is 5.82 Å². The molecule has 0 aliphatic carbocycles. The summed E-state index contributed by atoms with van der Waals surface area (Å²) in [5.41, 5.74) is 4.84. The predicted octanol–water partition coefficient (Wildman–Crippen LogP) is 4.48. The fourth-order valence-corrected chi connectivity index (χ4v) is 5.03. The first-order valence-corrected chi connectivity index (χ1v) is 11.7. The van der Waals surface area contributed by atoms with E-state index in [0.717, 1.165) is 51.5 Å². The van der Waals surface area contributed by atoms with Crippen molar-refractivity contribution in [2.24, 2.45) is 0 Å². The van der Waals surface area contributed by atoms with E-state index in [9.17, 15) is 10.1 Å². The second kappa shape index (κ2) is 9.05. The van der Waals surface area contributed by atoms with Gasteiger partial charge in [-0.3, -0.25) is 4.79 Å². The number of aryl methyl sites for hydroxylation is 1. The van der Waals surface area contributed by atoms with Crippen molar-refractivity contribution in [1.29, 1.82) is 5.26 Å². The molecule has 0 spiro atoms. The number of nitrogens with one attached hydrogen (secondary N) is 2. The molecule has 8 heteroatoms. The molecule has 164 valence electrons. The van der Waals surface area contributed by atoms with Crippen LogP contribution in [0.2, 0.25) is 0 Å². The van der Waals surface area contributed by atoms with E-state index in [2.05, 4.69) is 26.9 Å². The number of rotatable bonds is 5. The molecule has 0 radical (unpaired) electrons. The molecule has 1 amide bonds. The fraction of sp³-hybridized carbons (Fsp3) is 0.333. The minimum absolute atomic E-state index is 0.0317. The third-order valence-corrected chi connectivity index (χ3v) is 6.92. The summed E-state index contributed by atoms with van der Waals surface area (Å²) >= 11 is 1.77. The number of nitriles is 1. The number of anilines is 2. The van der Waals surface area contributed by atoms with Gasteiger partial charge in [0.25, 0.3) is 5.91 Å². The van der Waals surface area contributed by atoms with E-state index in [1.54, 1.807) is 11.8 Å². The van der Waals surface area contributed by atoms with Crippen LogP contribution >= 0.6 is 11.8 Å². The number of nitrogens with zero attached hydrogens (tertiary/aromatic N) is 4. The number of thioether (sulfide) groups is 1. The molecular formula is C24H26N6OS. The Labute approximate surface area is 192 Å². The van der Waals surface area contributed by atoms with Crippen LogP contribution in [-0.4, -0.2) is 46.2 Å². The molecule has 7 nitrogen and oxygen atoms in total. The Bertz CT molecular complexity index is 1230. The van der Waals surface area contributed by atoms with Gasteiger partial charge in [-0.15, -0.1) is 16.9 Å². The normalized spacial score (nSPS) is 14.3. The summed E-state index contributed by atoms with van der Waals surface area (Å²) in [5, 5.41) is 26.6. The second-order valence-electron chi connectivity index (χ2n) is 7.93. The number of carbonyl (C=O) groups is 1. The van der Waals surface area contributed by atoms with Crippen molar-refractivity contribution >= 4 is 39.9 Å². The number of hydrogen-bond donors (Lipinski definition) is 2. The number of carbonyl (C=O) groups excluding carboxylic acids is 1. The molecule has 0 unspecified atom stereocenters. The van der Waals surface area contributed by atoms with E-state index in [4.69, 9.17) is 0 Å². The van der Waals surface area contributed by atoms with Gasteiger partial charge >= 0.3 is 0 Å². The lowest BCUT2D eigenvalue weighted by molar-refractivity contribution is 0.0804. The van der Waals surface area contributed by atoms with Crippen LogP contribution in [0.25, 0.3) is 10.8 Å². The Kier molecular flexibility index (Phi) is 6.19. The summed E-state index contributed by atoms with van der Waals surface area (Å²) in [4.78, 5) is 15.0. The van der Waals surface area contributed by atoms with Crippen LogP contribution in [0, 0.1) is 25.2 Å². The van der Waals surface area contributed by atoms with Crippen molar-refractivity contribution in [1.82, 2.24) is 15.1 Å². The number of aromatic nitrogens is 2. The average Bonchev–Trinajstić information content (AvgIpc) is 3.35. The van der Waals surface area contributed by atoms with Crippen LogP contribution in [-0.2, 0) is 0 Å². The zero-order chi connectivity index (χ0) is 22.8. The Morgan fingerprint density at radius 2 is 2.06 bits per heavy atom. The van der Waals surface area contributed by atoms with E-state index in [1.807, 2.05) is 63.1 Å². The van der Waals surface area contributed by atoms with Crippen molar-refractivity contribution in [3.63, 3.8) is 0 Å². The standard InChI is InChI=1S/C24H26N6OS/c1-14-17(12-25)6-5-7-18(14)15(2)27-23-20-11-22(26-4)21(10-19(20)16(3)28-29-23)24(31)30-8-9-32-13-30/h5-7,10-11,15,26H,8-9,13H2,1-4H3,(H,27,29)/t15-/m1/s1. The lowest BCUT2D eigenvalue weighted by Gasteiger charge is -2.21. The van der Waals surface area contributed by atoms with E-state index >= 15 is 0 Å². The van der Waals surface area contributed by atoms with Gasteiger partial charge in [-0.2, -0.15) is 10.4 Å². The van der Waals surface area contributed by atoms with Gasteiger partial charge in [-0.25, -0.2) is 0 Å². The molecule has 2 heterocycles. The first-order chi connectivity index (χ1) is 15.4. The molecule has 3 aromatic rings. The molecule has 4 rings (SSSR count). The summed E-state index contributed by atoms with van der Waals surface area (Å²) < 4.78 is 0. The SMILES string of the molecule is CNc1cc2c(N[C@H](C)c3cccc(C#N)c3C)nnc(C)c2cc1C(=O)N1CCSC1. The molecule has 2 N–H and O–H groups in total. The first-order valence-electron chi connectivity index (χ1n) is 10.6. The second-order valence-corrected chi connectivity index (χ2v) is 9.01. The molecule has 1 aliphatic rings. The fourth-order valence-electron chi connectivity index (χ4n) is 4.09. The quantitative estimate of drug-likeness (QED) is 0.597. The van der Waals surface area contributed by atoms with Gasteiger partial charge < -0.3 is 15.5 Å². The lowest BCUT2D eigenvalue weighted by atomic mass is 9.98. The van der Waals surface area contributed by atoms with Gasteiger partial charge in [0.2, 0.25) is 0 Å². The highest BCUT2D eigenvalue weighted by atomic mass is 32.2. The van der Waals surface area contributed by atoms with Crippen molar-refractivity contribution in [3.05, 3.63) is 58.3 Å². The zero-order valence-electron chi connectivity index (χ0n) is 18.7. The molecule has 0 saturated carbocycles. The van der Waals surface area contributed by atoms with Crippen LogP contribution in [0.15, 0.2) is 30.3 Å². The minimum atomic E-state index is -0.0792. The third-order valence-electron chi connectivity index (χ3n) is 5.96. The van der Waals surface area contributed by atoms with Gasteiger partial charge in [0.05, 0.1) is 34.8 Å². The summed E-state index contributed by atoms with van der Waals surface area (Å²) in [6.45, 7) is 6.67. The van der Waals surface area contributed by atoms with E-state index in [1.165, 1.54) is 0 Å². The lowest BCUT2D eigenvalue weighted by Crippen LogP contribution is -2.28. The van der Waals surface area contributed by atoms with Crippen molar-refractivity contribution in [2.45, 2.75) is 26.8 Å². The monoisotopic (exact) mass is 446 g/mol. The molecule has 1 fully saturated rings. The Balaban J connectivity index is 1.76. The first kappa shape index (κ1) is 21.9. The molecule has 1 aliphatic heterocycles. The maximum atomic E-state index is 13.1. The minimum Gasteiger partial charge on any atom is -0.387 e. The van der Waals surface area contributed by atoms with Gasteiger partial charge in [-0.05, 0) is 50.1 Å². The highest BCUT2D eigenvalue weighted by molar-refractivity contribution is 7.99. The van der Waals surface area contributed by atoms with Gasteiger partial charge in [0.1, 0.15) is 0 Å². The van der Waals surface area contributed by atoms with Crippen molar-refractivity contribution < 1.29 is 4.79 Å². The smallest absolute Gasteiger partial charge is 0.256 e. The van der Waals surface area contributed by atoms with E-state index in [-0.39, 0.29) is 11.9 Å². The summed E-state index contributed by atoms with van der Waals surface area (Å²) in [6, 6.07) is 11.8. The van der Waals surface area contributed by atoms with Crippen LogP contribution in [0.4, 0.5) is 11.5 Å². The third kappa shape index (κ3) is 3.96. The summed E-state index contributed by atoms with van der Waals surface area (Å²) in [7, 11) is 1.82. The summed E-state index contributed by atoms with van der Waals surface area (Å²) in [5.74, 6) is 2.37. The van der Waals surface area contributed by atoms with Crippen LogP contribution < -0.4 is 10.6 Å². The zero-order valence-corrected chi connectivity index (χ0v) is 19.5. The molecule has 1 atom stereocenters. The van der Waals surface area contributed by atoms with Gasteiger partial charge in [-0.1, -0.05) is 12.1 Å². The average molecular weight is 447 g/mol. The predicted molar refractivity (Wildman–Crippen MR) is 130 cm³/mol. The van der Waals surface area contributed by atoms with Crippen LogP contribution in [0.3, 0.4) is 0 Å². The van der Waals surface area contributed by atoms with Crippen molar-refractivity contribution in [3.8, 4) is 6.07 Å². The Hall–Kier alpha value is -3.31. The molecule has 2 aromatic carbocycles. The topological polar surface area (TPSA) is 93.9 Å². The molecule has 1 saturated heterocycles. The summed E-state index contributed by atoms with van der Waals surface area (Å²) in [6.07, 6.45) is 0. The Morgan fingerprint density at radius 3 is 2.75 bits per heavy atom. The highest BCUT2D eigenvalue weighted by Crippen LogP contribution is 2.33. The van der Waals surface area contributed by atoms with Crippen molar-refractivity contribution in [2.75, 3.05) is 35.9 Å². The molecular weight excluding hydrogens is 420 g/mol. The highest BCUT2D eigenvalue weighted by Gasteiger charge is 2.24. The van der Waals surface area contributed by atoms with Crippen LogP contribution in [0.1, 0.15) is 45.7 Å². The number of benzene rings is 2. The van der Waals surface area contributed by atoms with Crippen LogP contribution in [0.5, 0.6) is 0 Å². The van der Waals surface area contributed by atoms with E-state index < -0.39 is 0 Å². The molecule has 0 bridgehead atoms. The van der Waals surface area contributed by atoms with E-state index in [0.29, 0.717) is 16.9 Å². The molecule has 32 heavy (non-hydrogen) atoms. The number of fused-ring (bicyclic) bond motifs is 1.